The second-order valence-electron chi connectivity index (χ2n) is 7.59. The molecule has 0 bridgehead atoms. The van der Waals surface area contributed by atoms with Gasteiger partial charge in [-0.05, 0) is 12.2 Å². The summed E-state index contributed by atoms with van der Waals surface area (Å²) in [5, 5.41) is 40.9. The number of rotatable bonds is 0. The summed E-state index contributed by atoms with van der Waals surface area (Å²) in [7, 11) is 0. The van der Waals surface area contributed by atoms with Gasteiger partial charge in [0.25, 0.3) is 0 Å². The van der Waals surface area contributed by atoms with Gasteiger partial charge in [-0.3, -0.25) is 19.2 Å². The first-order valence-electron chi connectivity index (χ1n) is 10.3. The zero-order valence-electron chi connectivity index (χ0n) is 19.7. The molecule has 0 amide bonds. The number of fused-ring (bicyclic) bond motifs is 2. The van der Waals surface area contributed by atoms with Crippen LogP contribution in [0.1, 0.15) is 69.1 Å². The summed E-state index contributed by atoms with van der Waals surface area (Å²) in [4.78, 5) is 44.9. The molecule has 0 N–H and O–H groups in total. The van der Waals surface area contributed by atoms with Crippen LogP contribution in [-0.2, 0) is 21.7 Å². The molecule has 2 aliphatic rings. The van der Waals surface area contributed by atoms with Crippen molar-refractivity contribution in [2.45, 2.75) is 39.9 Å². The molecule has 0 saturated heterocycles. The van der Waals surface area contributed by atoms with Crippen molar-refractivity contribution in [2.75, 3.05) is 0 Å². The van der Waals surface area contributed by atoms with Gasteiger partial charge >= 0.3 is 0 Å². The smallest absolute Gasteiger partial charge is 0.186 e. The Kier molecular flexibility index (Phi) is 13.6. The maximum Gasteiger partial charge on any atom is 0.186 e. The fourth-order valence-electron chi connectivity index (χ4n) is 2.58. The molecule has 0 fully saturated rings. The Morgan fingerprint density at radius 3 is 1.03 bits per heavy atom. The normalized spacial score (nSPS) is 13.4. The van der Waals surface area contributed by atoms with Gasteiger partial charge in [0, 0.05) is 44.0 Å². The maximum absolute atomic E-state index is 11.2. The molecule has 0 aromatic heterocycles. The molecule has 184 valence electrons. The number of ketones is 4. The molecule has 0 heterocycles. The first-order valence-corrected chi connectivity index (χ1v) is 10.3. The molecular weight excluding hydrogens is 488 g/mol. The topological polar surface area (TPSA) is 161 Å². The van der Waals surface area contributed by atoms with Crippen molar-refractivity contribution in [3.8, 4) is 0 Å². The molecule has 4 rings (SSSR count). The molecule has 2 aromatic rings. The predicted octanol–water partition coefficient (Wildman–Crippen LogP) is 0.127. The van der Waals surface area contributed by atoms with E-state index in [4.69, 9.17) is 0 Å². The van der Waals surface area contributed by atoms with Crippen LogP contribution < -0.4 is 20.4 Å². The number of hydrogen-bond acceptors (Lipinski definition) is 8. The van der Waals surface area contributed by atoms with E-state index >= 15 is 0 Å². The summed E-state index contributed by atoms with van der Waals surface area (Å²) < 4.78 is 0. The third-order valence-corrected chi connectivity index (χ3v) is 3.85. The van der Waals surface area contributed by atoms with Crippen LogP contribution >= 0.6 is 0 Å². The number of allylic oxidation sites excluding steroid dienone is 4. The SMILES string of the molecule is CC(C)[O-].CC(C)[O-].O=C1C=C([O-])C(=O)c2ccccc21.O=C1C=C([O-])C(=O)c2ccccc21.[Ti]. The molecule has 0 atom stereocenters. The van der Waals surface area contributed by atoms with E-state index < -0.39 is 35.3 Å². The largest absolute Gasteiger partial charge is 0.870 e. The van der Waals surface area contributed by atoms with Crippen molar-refractivity contribution in [3.05, 3.63) is 94.5 Å². The summed E-state index contributed by atoms with van der Waals surface area (Å²) in [5.74, 6) is -3.45. The summed E-state index contributed by atoms with van der Waals surface area (Å²) in [6, 6.07) is 12.6. The summed E-state index contributed by atoms with van der Waals surface area (Å²) in [6.45, 7) is 6.44. The average molecular weight is 512 g/mol. The van der Waals surface area contributed by atoms with E-state index in [2.05, 4.69) is 0 Å². The van der Waals surface area contributed by atoms with Gasteiger partial charge < -0.3 is 20.4 Å². The fourth-order valence-corrected chi connectivity index (χ4v) is 2.58. The molecule has 0 spiro atoms. The van der Waals surface area contributed by atoms with E-state index in [-0.39, 0.29) is 44.4 Å². The van der Waals surface area contributed by atoms with E-state index in [1.807, 2.05) is 0 Å². The van der Waals surface area contributed by atoms with Crippen molar-refractivity contribution in [1.29, 1.82) is 0 Å². The van der Waals surface area contributed by atoms with Crippen molar-refractivity contribution >= 4 is 23.1 Å². The molecule has 2 aromatic carbocycles. The first-order chi connectivity index (χ1) is 15.9. The number of benzene rings is 2. The van der Waals surface area contributed by atoms with E-state index in [9.17, 15) is 39.6 Å². The third-order valence-electron chi connectivity index (χ3n) is 3.85. The molecule has 8 nitrogen and oxygen atoms in total. The summed E-state index contributed by atoms with van der Waals surface area (Å²) >= 11 is 0. The van der Waals surface area contributed by atoms with Crippen molar-refractivity contribution in [1.82, 2.24) is 0 Å². The van der Waals surface area contributed by atoms with E-state index in [0.29, 0.717) is 11.1 Å². The Balaban J connectivity index is 0.000000499. The van der Waals surface area contributed by atoms with Crippen LogP contribution in [-0.4, -0.2) is 35.3 Å². The van der Waals surface area contributed by atoms with Gasteiger partial charge in [-0.1, -0.05) is 87.7 Å². The summed E-state index contributed by atoms with van der Waals surface area (Å²) in [5.41, 5.74) is 1.04. The van der Waals surface area contributed by atoms with Gasteiger partial charge in [-0.15, -0.1) is 12.2 Å². The van der Waals surface area contributed by atoms with Gasteiger partial charge in [0.1, 0.15) is 0 Å². The standard InChI is InChI=1S/2C10H6O3.2C3H7O.Ti/c2*11-8-5-9(12)10(13)7-4-2-1-3-6(7)8;2*1-3(2)4;/h2*1-5,12H;2*3H,1-2H3;/q;;2*-1;/p-2. The molecule has 0 radical (unpaired) electrons. The van der Waals surface area contributed by atoms with Crippen LogP contribution in [0, 0.1) is 0 Å². The molecule has 35 heavy (non-hydrogen) atoms. The van der Waals surface area contributed by atoms with Crippen LogP contribution in [0.25, 0.3) is 0 Å². The minimum absolute atomic E-state index is 0. The third kappa shape index (κ3) is 9.92. The van der Waals surface area contributed by atoms with Gasteiger partial charge in [0.2, 0.25) is 0 Å². The number of Topliss-reactive ketones (excluding diaryl/α,β-unsaturated/α-hetero) is 2. The monoisotopic (exact) mass is 512 g/mol. The zero-order chi connectivity index (χ0) is 26.0. The van der Waals surface area contributed by atoms with Gasteiger partial charge in [0.05, 0.1) is 0 Å². The zero-order valence-corrected chi connectivity index (χ0v) is 21.3. The molecule has 0 saturated carbocycles. The Bertz CT molecular complexity index is 1030. The predicted molar refractivity (Wildman–Crippen MR) is 117 cm³/mol. The second kappa shape index (κ2) is 15.0. The number of hydrogen-bond donors (Lipinski definition) is 0. The minimum atomic E-state index is -0.733. The Hall–Kier alpha value is -3.17. The quantitative estimate of drug-likeness (QED) is 0.450. The van der Waals surface area contributed by atoms with Crippen molar-refractivity contribution in [2.24, 2.45) is 0 Å². The van der Waals surface area contributed by atoms with Crippen LogP contribution in [0.5, 0.6) is 0 Å². The molecule has 2 aliphatic carbocycles. The second-order valence-corrected chi connectivity index (χ2v) is 7.59. The minimum Gasteiger partial charge on any atom is -0.870 e. The molecule has 0 unspecified atom stereocenters. The molecule has 0 aliphatic heterocycles. The van der Waals surface area contributed by atoms with Gasteiger partial charge in [-0.2, -0.15) is 0 Å². The molecule has 9 heteroatoms. The average Bonchev–Trinajstić information content (AvgIpc) is 2.76. The van der Waals surface area contributed by atoms with Gasteiger partial charge in [-0.25, -0.2) is 0 Å². The Morgan fingerprint density at radius 1 is 0.543 bits per heavy atom. The van der Waals surface area contributed by atoms with Crippen LogP contribution in [0.3, 0.4) is 0 Å². The van der Waals surface area contributed by atoms with Crippen molar-refractivity contribution < 1.29 is 61.3 Å². The summed E-state index contributed by atoms with van der Waals surface area (Å²) in [6.07, 6.45) is 0.843. The fraction of sp³-hybridized carbons (Fsp3) is 0.231. The maximum atomic E-state index is 11.2. The first kappa shape index (κ1) is 31.8. The number of carbonyl (C=O) groups excluding carboxylic acids is 4. The Morgan fingerprint density at radius 2 is 0.771 bits per heavy atom. The molecular formula is C26H24O8Ti-4. The van der Waals surface area contributed by atoms with E-state index in [0.717, 1.165) is 12.2 Å². The van der Waals surface area contributed by atoms with E-state index in [1.54, 1.807) is 64.1 Å². The van der Waals surface area contributed by atoms with Crippen molar-refractivity contribution in [3.63, 3.8) is 0 Å². The number of carbonyl (C=O) groups is 4. The van der Waals surface area contributed by atoms with Crippen LogP contribution in [0.2, 0.25) is 0 Å². The van der Waals surface area contributed by atoms with Crippen LogP contribution in [0.4, 0.5) is 0 Å². The Labute approximate surface area is 218 Å². The van der Waals surface area contributed by atoms with Gasteiger partial charge in [0.15, 0.2) is 23.1 Å². The van der Waals surface area contributed by atoms with E-state index in [1.165, 1.54) is 12.1 Å². The van der Waals surface area contributed by atoms with Crippen LogP contribution in [0.15, 0.2) is 72.2 Å².